The van der Waals surface area contributed by atoms with Gasteiger partial charge in [-0.3, -0.25) is 10.7 Å². The Bertz CT molecular complexity index is 659. The summed E-state index contributed by atoms with van der Waals surface area (Å²) in [4.78, 5) is 7.87. The lowest BCUT2D eigenvalue weighted by Crippen LogP contribution is -2.44. The molecule has 1 aliphatic heterocycles. The molecule has 0 aromatic carbocycles. The van der Waals surface area contributed by atoms with E-state index in [-0.39, 0.29) is 5.82 Å². The highest BCUT2D eigenvalue weighted by molar-refractivity contribution is 5.85. The molecule has 2 aromatic rings. The second-order valence-electron chi connectivity index (χ2n) is 5.04. The maximum Gasteiger partial charge on any atom is 0.183 e. The average molecular weight is 297 g/mol. The van der Waals surface area contributed by atoms with Crippen LogP contribution < -0.4 is 5.48 Å². The monoisotopic (exact) mass is 297 g/mol. The molecule has 1 fully saturated rings. The summed E-state index contributed by atoms with van der Waals surface area (Å²) >= 11 is 0. The van der Waals surface area contributed by atoms with E-state index in [2.05, 4.69) is 15.1 Å². The van der Waals surface area contributed by atoms with Gasteiger partial charge >= 0.3 is 0 Å². The van der Waals surface area contributed by atoms with Crippen LogP contribution in [0.5, 0.6) is 0 Å². The molecule has 114 valence electrons. The summed E-state index contributed by atoms with van der Waals surface area (Å²) in [6, 6.07) is 0. The van der Waals surface area contributed by atoms with Gasteiger partial charge in [0.25, 0.3) is 0 Å². The van der Waals surface area contributed by atoms with Crippen LogP contribution in [0, 0.1) is 0 Å². The van der Waals surface area contributed by atoms with Crippen molar-refractivity contribution in [3.63, 3.8) is 0 Å². The average Bonchev–Trinajstić information content (AvgIpc) is 2.99. The molecule has 3 heterocycles. The van der Waals surface area contributed by atoms with Gasteiger partial charge in [-0.25, -0.2) is 14.6 Å². The predicted octanol–water partition coefficient (Wildman–Crippen LogP) is -1.37. The van der Waals surface area contributed by atoms with E-state index in [4.69, 9.17) is 9.94 Å². The molecule has 0 aliphatic carbocycles. The summed E-state index contributed by atoms with van der Waals surface area (Å²) in [5.74, 6) is 0.156. The van der Waals surface area contributed by atoms with Crippen molar-refractivity contribution in [3.05, 3.63) is 12.5 Å². The molecule has 1 saturated heterocycles. The first-order valence-corrected chi connectivity index (χ1v) is 6.25. The van der Waals surface area contributed by atoms with Crippen molar-refractivity contribution in [2.75, 3.05) is 12.1 Å². The maximum atomic E-state index is 10.4. The number of hydrogen-bond donors (Lipinski definition) is 5. The van der Waals surface area contributed by atoms with Gasteiger partial charge < -0.3 is 20.1 Å². The number of hydrogen-bond acceptors (Lipinski definition) is 9. The van der Waals surface area contributed by atoms with Gasteiger partial charge in [0.2, 0.25) is 0 Å². The first kappa shape index (κ1) is 14.1. The van der Waals surface area contributed by atoms with Crippen molar-refractivity contribution in [2.24, 2.45) is 0 Å². The second-order valence-corrected chi connectivity index (χ2v) is 5.04. The van der Waals surface area contributed by atoms with Crippen molar-refractivity contribution >= 4 is 16.9 Å². The summed E-state index contributed by atoms with van der Waals surface area (Å²) in [6.45, 7) is 0.948. The zero-order chi connectivity index (χ0) is 15.2. The number of fused-ring (bicyclic) bond motifs is 1. The fourth-order valence-electron chi connectivity index (χ4n) is 2.47. The van der Waals surface area contributed by atoms with E-state index in [1.165, 1.54) is 24.1 Å². The van der Waals surface area contributed by atoms with Gasteiger partial charge in [-0.1, -0.05) is 0 Å². The van der Waals surface area contributed by atoms with Gasteiger partial charge in [-0.05, 0) is 6.92 Å². The third-order valence-corrected chi connectivity index (χ3v) is 3.65. The van der Waals surface area contributed by atoms with E-state index >= 15 is 0 Å². The number of aliphatic hydroxyl groups excluding tert-OH is 2. The number of aromatic nitrogens is 4. The van der Waals surface area contributed by atoms with Crippen LogP contribution in [0.3, 0.4) is 0 Å². The summed E-state index contributed by atoms with van der Waals surface area (Å²) in [5.41, 5.74) is 0.567. The molecule has 10 heteroatoms. The van der Waals surface area contributed by atoms with Crippen LogP contribution >= 0.6 is 0 Å². The lowest BCUT2D eigenvalue weighted by atomic mass is 9.97. The highest BCUT2D eigenvalue weighted by atomic mass is 16.6. The highest BCUT2D eigenvalue weighted by Crippen LogP contribution is 2.39. The van der Waals surface area contributed by atoms with E-state index < -0.39 is 30.6 Å². The molecule has 21 heavy (non-hydrogen) atoms. The molecule has 1 aliphatic rings. The first-order valence-electron chi connectivity index (χ1n) is 6.25. The zero-order valence-electron chi connectivity index (χ0n) is 11.1. The Kier molecular flexibility index (Phi) is 3.26. The molecule has 1 unspecified atom stereocenters. The van der Waals surface area contributed by atoms with Crippen molar-refractivity contribution in [3.8, 4) is 0 Å². The number of ether oxygens (including phenoxy) is 1. The quantitative estimate of drug-likeness (QED) is 0.433. The Morgan fingerprint density at radius 1 is 1.48 bits per heavy atom. The smallest absolute Gasteiger partial charge is 0.183 e. The molecular weight excluding hydrogens is 282 g/mol. The molecule has 0 saturated carbocycles. The fraction of sp³-hybridized carbons (Fsp3) is 0.545. The number of anilines is 1. The molecule has 5 N–H and O–H groups in total. The van der Waals surface area contributed by atoms with Gasteiger partial charge in [-0.15, -0.1) is 0 Å². The van der Waals surface area contributed by atoms with Crippen LogP contribution in [0.2, 0.25) is 0 Å². The van der Waals surface area contributed by atoms with E-state index in [1.54, 1.807) is 0 Å². The first-order chi connectivity index (χ1) is 10.0. The number of aliphatic hydroxyl groups is 3. The van der Waals surface area contributed by atoms with Gasteiger partial charge in [0.15, 0.2) is 17.7 Å². The minimum absolute atomic E-state index is 0.156. The summed E-state index contributed by atoms with van der Waals surface area (Å²) in [7, 11) is 0. The Morgan fingerprint density at radius 3 is 2.86 bits per heavy atom. The third kappa shape index (κ3) is 1.96. The Balaban J connectivity index is 2.09. The molecule has 10 nitrogen and oxygen atoms in total. The standard InChI is InChI=1S/C11H15N5O5/c1-11(19)7(18)6(3-17)21-10(11)16-9-5(2-14-16)8(15-20)12-4-13-9/h2,4,6-7,10,17-20H,3H2,1H3,(H,12,13,15)/t6-,7-,10?,11-/m1/s1. The number of nitrogens with zero attached hydrogens (tertiary/aromatic N) is 4. The largest absolute Gasteiger partial charge is 0.394 e. The van der Waals surface area contributed by atoms with Gasteiger partial charge in [0.05, 0.1) is 18.2 Å². The Labute approximate surface area is 118 Å². The molecule has 2 aromatic heterocycles. The number of rotatable bonds is 3. The second kappa shape index (κ2) is 4.86. The van der Waals surface area contributed by atoms with E-state index in [1.807, 2.05) is 5.48 Å². The topological polar surface area (TPSA) is 146 Å². The van der Waals surface area contributed by atoms with Crippen molar-refractivity contribution < 1.29 is 25.3 Å². The van der Waals surface area contributed by atoms with Crippen LogP contribution in [0.25, 0.3) is 11.0 Å². The SMILES string of the molecule is C[C@]1(O)C(n2ncc3c(NO)ncnc32)O[C@H](CO)[C@H]1O. The highest BCUT2D eigenvalue weighted by Gasteiger charge is 2.53. The van der Waals surface area contributed by atoms with Gasteiger partial charge in [0, 0.05) is 0 Å². The fourth-order valence-corrected chi connectivity index (χ4v) is 2.47. The molecule has 0 radical (unpaired) electrons. The zero-order valence-corrected chi connectivity index (χ0v) is 11.1. The minimum atomic E-state index is -1.66. The molecule has 3 rings (SSSR count). The van der Waals surface area contributed by atoms with Gasteiger partial charge in [0.1, 0.15) is 24.1 Å². The summed E-state index contributed by atoms with van der Waals surface area (Å²) in [6.07, 6.45) is -0.636. The minimum Gasteiger partial charge on any atom is -0.394 e. The van der Waals surface area contributed by atoms with Crippen LogP contribution in [-0.4, -0.2) is 64.7 Å². The van der Waals surface area contributed by atoms with Crippen LogP contribution in [0.4, 0.5) is 5.82 Å². The maximum absolute atomic E-state index is 10.4. The molecule has 4 atom stereocenters. The van der Waals surface area contributed by atoms with Crippen molar-refractivity contribution in [1.82, 2.24) is 19.7 Å². The molecule has 0 amide bonds. The normalized spacial score (nSPS) is 32.7. The molecule has 0 spiro atoms. The Morgan fingerprint density at radius 2 is 2.24 bits per heavy atom. The van der Waals surface area contributed by atoms with E-state index in [0.29, 0.717) is 11.0 Å². The van der Waals surface area contributed by atoms with Crippen LogP contribution in [0.15, 0.2) is 12.5 Å². The Hall–Kier alpha value is -1.85. The van der Waals surface area contributed by atoms with Crippen LogP contribution in [-0.2, 0) is 4.74 Å². The van der Waals surface area contributed by atoms with E-state index in [9.17, 15) is 15.3 Å². The molecule has 0 bridgehead atoms. The van der Waals surface area contributed by atoms with Crippen molar-refractivity contribution in [1.29, 1.82) is 0 Å². The van der Waals surface area contributed by atoms with E-state index in [0.717, 1.165) is 0 Å². The lowest BCUT2D eigenvalue weighted by Gasteiger charge is -2.26. The predicted molar refractivity (Wildman–Crippen MR) is 68.4 cm³/mol. The third-order valence-electron chi connectivity index (χ3n) is 3.65. The lowest BCUT2D eigenvalue weighted by molar-refractivity contribution is -0.100. The van der Waals surface area contributed by atoms with Crippen LogP contribution in [0.1, 0.15) is 13.2 Å². The van der Waals surface area contributed by atoms with Gasteiger partial charge in [-0.2, -0.15) is 5.10 Å². The summed E-state index contributed by atoms with van der Waals surface area (Å²) in [5, 5.41) is 43.1. The molecular formula is C11H15N5O5. The van der Waals surface area contributed by atoms with Crippen molar-refractivity contribution in [2.45, 2.75) is 31.0 Å². The summed E-state index contributed by atoms with van der Waals surface area (Å²) < 4.78 is 6.75. The number of nitrogens with one attached hydrogen (secondary N) is 1.